The van der Waals surface area contributed by atoms with E-state index in [0.29, 0.717) is 6.42 Å². The lowest BCUT2D eigenvalue weighted by Crippen LogP contribution is -2.11. The van der Waals surface area contributed by atoms with Gasteiger partial charge in [-0.15, -0.1) is 0 Å². The predicted molar refractivity (Wildman–Crippen MR) is 35.7 cm³/mol. The summed E-state index contributed by atoms with van der Waals surface area (Å²) in [5.41, 5.74) is 3.23. The summed E-state index contributed by atoms with van der Waals surface area (Å²) in [4.78, 5) is 18.7. The van der Waals surface area contributed by atoms with E-state index in [1.807, 2.05) is 0 Å². The van der Waals surface area contributed by atoms with E-state index in [1.165, 1.54) is 0 Å². The maximum Gasteiger partial charge on any atom is 0.415 e. The van der Waals surface area contributed by atoms with Crippen LogP contribution in [0.15, 0.2) is 0 Å². The Hall–Kier alpha value is -0.380. The minimum Gasteiger partial charge on any atom is -0.359 e. The van der Waals surface area contributed by atoms with E-state index in [0.717, 1.165) is 0 Å². The molecule has 0 aliphatic rings. The topological polar surface area (TPSA) is 89.6 Å². The highest BCUT2D eigenvalue weighted by atomic mass is 31.2. The van der Waals surface area contributed by atoms with Crippen LogP contribution >= 0.6 is 7.60 Å². The van der Waals surface area contributed by atoms with E-state index >= 15 is 0 Å². The number of primary amides is 1. The second-order valence-corrected chi connectivity index (χ2v) is 3.43. The zero-order valence-corrected chi connectivity index (χ0v) is 6.51. The molecule has 0 spiro atoms. The van der Waals surface area contributed by atoms with Gasteiger partial charge in [0, 0.05) is 0 Å². The Morgan fingerprint density at radius 1 is 1.80 bits per heavy atom. The van der Waals surface area contributed by atoms with Crippen molar-refractivity contribution in [3.63, 3.8) is 0 Å². The van der Waals surface area contributed by atoms with Crippen molar-refractivity contribution in [1.82, 2.24) is 0 Å². The van der Waals surface area contributed by atoms with Crippen molar-refractivity contribution in [2.75, 3.05) is 6.61 Å². The Labute approximate surface area is 58.7 Å². The Kier molecular flexibility index (Phi) is 3.57. The molecule has 1 amide bonds. The Morgan fingerprint density at radius 3 is 2.60 bits per heavy atom. The molecule has 3 N–H and O–H groups in total. The van der Waals surface area contributed by atoms with Crippen LogP contribution < -0.4 is 5.73 Å². The predicted octanol–water partition coefficient (Wildman–Crippen LogP) is 0.677. The molecule has 0 aliphatic carbocycles. The SMILES string of the molecule is CCCOP(=O)(O)C(N)=O. The summed E-state index contributed by atoms with van der Waals surface area (Å²) >= 11 is 0. The molecule has 1 atom stereocenters. The van der Waals surface area contributed by atoms with Gasteiger partial charge in [-0.05, 0) is 6.42 Å². The van der Waals surface area contributed by atoms with E-state index in [-0.39, 0.29) is 6.61 Å². The molecule has 10 heavy (non-hydrogen) atoms. The standard InChI is InChI=1S/C4H10NO4P/c1-2-3-9-10(7,8)4(5)6/h2-3H2,1H3,(H2,5,6)(H,7,8). The highest BCUT2D eigenvalue weighted by molar-refractivity contribution is 7.70. The van der Waals surface area contributed by atoms with Crippen LogP contribution in [0.25, 0.3) is 0 Å². The highest BCUT2D eigenvalue weighted by Crippen LogP contribution is 2.41. The van der Waals surface area contributed by atoms with Crippen LogP contribution in [0.2, 0.25) is 0 Å². The molecule has 0 saturated carbocycles. The van der Waals surface area contributed by atoms with Gasteiger partial charge in [0.2, 0.25) is 0 Å². The number of hydrogen-bond acceptors (Lipinski definition) is 3. The van der Waals surface area contributed by atoms with E-state index in [2.05, 4.69) is 10.3 Å². The summed E-state index contributed by atoms with van der Waals surface area (Å²) in [5, 5.41) is 0. The molecule has 0 fully saturated rings. The molecule has 0 aromatic heterocycles. The molecule has 0 saturated heterocycles. The quantitative estimate of drug-likeness (QED) is 0.602. The van der Waals surface area contributed by atoms with Gasteiger partial charge in [-0.3, -0.25) is 4.79 Å². The Morgan fingerprint density at radius 2 is 2.30 bits per heavy atom. The van der Waals surface area contributed by atoms with Crippen LogP contribution in [0.3, 0.4) is 0 Å². The maximum atomic E-state index is 10.5. The highest BCUT2D eigenvalue weighted by Gasteiger charge is 2.26. The third-order valence-electron chi connectivity index (χ3n) is 0.749. The fraction of sp³-hybridized carbons (Fsp3) is 0.750. The number of carbonyl (C=O) groups is 1. The molecule has 0 radical (unpaired) electrons. The lowest BCUT2D eigenvalue weighted by atomic mass is 10.5. The Balaban J connectivity index is 3.89. The number of carbonyl (C=O) groups excluding carboxylic acids is 1. The van der Waals surface area contributed by atoms with Gasteiger partial charge in [-0.25, -0.2) is 4.57 Å². The lowest BCUT2D eigenvalue weighted by Gasteiger charge is -2.05. The molecule has 0 aromatic rings. The van der Waals surface area contributed by atoms with Crippen molar-refractivity contribution < 1.29 is 18.8 Å². The molecule has 60 valence electrons. The van der Waals surface area contributed by atoms with Gasteiger partial charge >= 0.3 is 13.2 Å². The van der Waals surface area contributed by atoms with E-state index < -0.39 is 13.2 Å². The van der Waals surface area contributed by atoms with Gasteiger partial charge in [0.05, 0.1) is 6.61 Å². The first-order valence-corrected chi connectivity index (χ1v) is 4.35. The van der Waals surface area contributed by atoms with Crippen LogP contribution in [0.5, 0.6) is 0 Å². The summed E-state index contributed by atoms with van der Waals surface area (Å²) in [6.45, 7) is 1.82. The largest absolute Gasteiger partial charge is 0.415 e. The molecule has 1 unspecified atom stereocenters. The average molecular weight is 167 g/mol. The molecule has 0 bridgehead atoms. The first-order valence-electron chi connectivity index (χ1n) is 2.78. The van der Waals surface area contributed by atoms with Crippen LogP contribution in [-0.2, 0) is 9.09 Å². The fourth-order valence-electron chi connectivity index (χ4n) is 0.279. The van der Waals surface area contributed by atoms with Crippen molar-refractivity contribution in [3.8, 4) is 0 Å². The van der Waals surface area contributed by atoms with Crippen molar-refractivity contribution in [2.45, 2.75) is 13.3 Å². The van der Waals surface area contributed by atoms with Crippen LogP contribution in [0.4, 0.5) is 4.79 Å². The summed E-state index contributed by atoms with van der Waals surface area (Å²) in [5.74, 6) is 0. The van der Waals surface area contributed by atoms with E-state index in [4.69, 9.17) is 4.89 Å². The molecule has 5 nitrogen and oxygen atoms in total. The maximum absolute atomic E-state index is 10.5. The summed E-state index contributed by atoms with van der Waals surface area (Å²) in [6, 6.07) is 0. The van der Waals surface area contributed by atoms with Gasteiger partial charge in [-0.2, -0.15) is 0 Å². The molecule has 0 aliphatic heterocycles. The normalized spacial score (nSPS) is 16.2. The number of rotatable bonds is 4. The third kappa shape index (κ3) is 2.96. The lowest BCUT2D eigenvalue weighted by molar-refractivity contribution is 0.235. The summed E-state index contributed by atoms with van der Waals surface area (Å²) in [7, 11) is -4.14. The first kappa shape index (κ1) is 9.62. The Bertz CT molecular complexity index is 169. The summed E-state index contributed by atoms with van der Waals surface area (Å²) in [6.07, 6.45) is 0.567. The van der Waals surface area contributed by atoms with Crippen LogP contribution in [0.1, 0.15) is 13.3 Å². The van der Waals surface area contributed by atoms with Gasteiger partial charge in [0.25, 0.3) is 0 Å². The van der Waals surface area contributed by atoms with Gasteiger partial charge in [0.1, 0.15) is 0 Å². The number of amides is 1. The average Bonchev–Trinajstić information content (AvgIpc) is 1.84. The van der Waals surface area contributed by atoms with Crippen molar-refractivity contribution in [2.24, 2.45) is 5.73 Å². The summed E-state index contributed by atoms with van der Waals surface area (Å²) < 4.78 is 14.8. The second-order valence-electron chi connectivity index (χ2n) is 1.69. The molecular formula is C4H10NO4P. The van der Waals surface area contributed by atoms with Gasteiger partial charge in [0.15, 0.2) is 0 Å². The minimum atomic E-state index is -4.14. The van der Waals surface area contributed by atoms with Crippen molar-refractivity contribution in [3.05, 3.63) is 0 Å². The molecular weight excluding hydrogens is 157 g/mol. The van der Waals surface area contributed by atoms with Gasteiger partial charge in [-0.1, -0.05) is 6.92 Å². The van der Waals surface area contributed by atoms with Crippen LogP contribution in [-0.4, -0.2) is 17.1 Å². The molecule has 0 rings (SSSR count). The first-order chi connectivity index (χ1) is 4.50. The zero-order chi connectivity index (χ0) is 8.20. The van der Waals surface area contributed by atoms with Crippen LogP contribution in [0, 0.1) is 0 Å². The number of nitrogens with two attached hydrogens (primary N) is 1. The zero-order valence-electron chi connectivity index (χ0n) is 5.61. The van der Waals surface area contributed by atoms with E-state index in [1.54, 1.807) is 6.92 Å². The third-order valence-corrected chi connectivity index (χ3v) is 1.84. The monoisotopic (exact) mass is 167 g/mol. The molecule has 6 heteroatoms. The molecule has 0 aromatic carbocycles. The number of hydrogen-bond donors (Lipinski definition) is 2. The van der Waals surface area contributed by atoms with Crippen molar-refractivity contribution >= 4 is 13.2 Å². The smallest absolute Gasteiger partial charge is 0.359 e. The van der Waals surface area contributed by atoms with Gasteiger partial charge < -0.3 is 15.2 Å². The second kappa shape index (κ2) is 3.71. The molecule has 0 heterocycles. The minimum absolute atomic E-state index is 0.0662. The van der Waals surface area contributed by atoms with Crippen molar-refractivity contribution in [1.29, 1.82) is 0 Å². The van der Waals surface area contributed by atoms with E-state index in [9.17, 15) is 9.36 Å². The fourth-order valence-corrected chi connectivity index (χ4v) is 0.836.